The maximum atomic E-state index is 10.3. The molecule has 0 amide bonds. The van der Waals surface area contributed by atoms with E-state index < -0.39 is 37.0 Å². The van der Waals surface area contributed by atoms with Gasteiger partial charge in [0.25, 0.3) is 0 Å². The summed E-state index contributed by atoms with van der Waals surface area (Å²) in [4.78, 5) is 34.7. The third-order valence-electron chi connectivity index (χ3n) is 1.08. The Bertz CT molecular complexity index is 238. The fourth-order valence-corrected chi connectivity index (χ4v) is 0.542. The Hall–Kier alpha value is -1.67. The molecule has 8 heteroatoms. The van der Waals surface area contributed by atoms with Gasteiger partial charge >= 0.3 is 17.9 Å². The van der Waals surface area contributed by atoms with Gasteiger partial charge in [-0.2, -0.15) is 5.48 Å². The normalized spacial score (nSPS) is 12.0. The van der Waals surface area contributed by atoms with Crippen LogP contribution >= 0.6 is 0 Å². The molecule has 0 radical (unpaired) electrons. The predicted molar refractivity (Wildman–Crippen MR) is 40.4 cm³/mol. The van der Waals surface area contributed by atoms with Crippen LogP contribution in [0.3, 0.4) is 0 Å². The smallest absolute Gasteiger partial charge is 0.335 e. The van der Waals surface area contributed by atoms with Crippen molar-refractivity contribution in [3.63, 3.8) is 0 Å². The summed E-state index contributed by atoms with van der Waals surface area (Å²) < 4.78 is 0. The number of hydroxylamine groups is 1. The van der Waals surface area contributed by atoms with Crippen LogP contribution in [0, 0.1) is 0 Å². The first kappa shape index (κ1) is 12.3. The van der Waals surface area contributed by atoms with Gasteiger partial charge in [-0.15, -0.1) is 0 Å². The van der Waals surface area contributed by atoms with Crippen LogP contribution < -0.4 is 5.48 Å². The minimum atomic E-state index is -1.60. The Morgan fingerprint density at radius 3 is 2.07 bits per heavy atom. The average molecular weight is 207 g/mol. The van der Waals surface area contributed by atoms with Crippen LogP contribution in [0.4, 0.5) is 0 Å². The lowest BCUT2D eigenvalue weighted by molar-refractivity contribution is -0.164. The summed E-state index contributed by atoms with van der Waals surface area (Å²) in [5.41, 5.74) is 1.83. The summed E-state index contributed by atoms with van der Waals surface area (Å²) in [6, 6.07) is 0. The number of nitrogens with one attached hydrogen (secondary N) is 1. The molecule has 0 saturated carbocycles. The second-order valence-electron chi connectivity index (χ2n) is 2.26. The second-order valence-corrected chi connectivity index (χ2v) is 2.26. The van der Waals surface area contributed by atoms with E-state index in [0.29, 0.717) is 0 Å². The van der Waals surface area contributed by atoms with Gasteiger partial charge < -0.3 is 15.3 Å². The molecule has 1 unspecified atom stereocenters. The second kappa shape index (κ2) is 5.89. The summed E-state index contributed by atoms with van der Waals surface area (Å²) in [6.45, 7) is -0.608. The first-order valence-corrected chi connectivity index (χ1v) is 3.48. The molecule has 14 heavy (non-hydrogen) atoms. The Labute approximate surface area is 78.0 Å². The van der Waals surface area contributed by atoms with Gasteiger partial charge in [-0.05, 0) is 0 Å². The molecule has 0 aromatic rings. The molecule has 8 nitrogen and oxygen atoms in total. The Morgan fingerprint density at radius 2 is 1.71 bits per heavy atom. The Balaban J connectivity index is 3.91. The zero-order valence-electron chi connectivity index (χ0n) is 6.97. The van der Waals surface area contributed by atoms with E-state index in [-0.39, 0.29) is 0 Å². The minimum absolute atomic E-state index is 0.608. The van der Waals surface area contributed by atoms with Crippen LogP contribution in [0.2, 0.25) is 0 Å². The van der Waals surface area contributed by atoms with Crippen LogP contribution in [-0.2, 0) is 19.2 Å². The lowest BCUT2D eigenvalue weighted by atomic mass is 10.2. The first-order chi connectivity index (χ1) is 6.43. The third kappa shape index (κ3) is 5.91. The molecule has 0 aliphatic carbocycles. The molecule has 0 aliphatic rings. The highest BCUT2D eigenvalue weighted by atomic mass is 16.7. The standard InChI is InChI=1S/C6H9NO7/c8-4(9)1-3(6(12)13)14-7-2-5(10)11/h3,7H,1-2H2,(H,8,9)(H,10,11)(H,12,13). The van der Waals surface area contributed by atoms with Crippen LogP contribution in [-0.4, -0.2) is 45.9 Å². The highest BCUT2D eigenvalue weighted by molar-refractivity contribution is 5.79. The van der Waals surface area contributed by atoms with Crippen LogP contribution in [0.1, 0.15) is 6.42 Å². The van der Waals surface area contributed by atoms with Crippen LogP contribution in [0.15, 0.2) is 0 Å². The van der Waals surface area contributed by atoms with Crippen molar-refractivity contribution >= 4 is 17.9 Å². The average Bonchev–Trinajstić information content (AvgIpc) is 2.00. The van der Waals surface area contributed by atoms with Crippen molar-refractivity contribution in [2.75, 3.05) is 6.54 Å². The number of carboxylic acids is 3. The summed E-state index contributed by atoms with van der Waals surface area (Å²) in [5.74, 6) is -4.08. The molecule has 80 valence electrons. The van der Waals surface area contributed by atoms with E-state index in [1.807, 2.05) is 5.48 Å². The van der Waals surface area contributed by atoms with Gasteiger partial charge in [0, 0.05) is 0 Å². The first-order valence-electron chi connectivity index (χ1n) is 3.48. The maximum Gasteiger partial charge on any atom is 0.335 e. The van der Waals surface area contributed by atoms with Gasteiger partial charge in [0.2, 0.25) is 0 Å². The number of hydrogen-bond acceptors (Lipinski definition) is 5. The zero-order valence-corrected chi connectivity index (χ0v) is 6.97. The molecule has 1 atom stereocenters. The Kier molecular flexibility index (Phi) is 5.19. The fraction of sp³-hybridized carbons (Fsp3) is 0.500. The van der Waals surface area contributed by atoms with Crippen molar-refractivity contribution in [1.82, 2.24) is 5.48 Å². The lowest BCUT2D eigenvalue weighted by Gasteiger charge is -2.10. The van der Waals surface area contributed by atoms with Crippen molar-refractivity contribution in [3.05, 3.63) is 0 Å². The van der Waals surface area contributed by atoms with E-state index in [9.17, 15) is 14.4 Å². The van der Waals surface area contributed by atoms with E-state index in [0.717, 1.165) is 0 Å². The van der Waals surface area contributed by atoms with Crippen LogP contribution in [0.5, 0.6) is 0 Å². The van der Waals surface area contributed by atoms with E-state index in [2.05, 4.69) is 4.84 Å². The topological polar surface area (TPSA) is 133 Å². The minimum Gasteiger partial charge on any atom is -0.481 e. The molecule has 4 N–H and O–H groups in total. The number of carboxylic acid groups (broad SMARTS) is 3. The van der Waals surface area contributed by atoms with Gasteiger partial charge in [0.1, 0.15) is 6.54 Å². The van der Waals surface area contributed by atoms with Gasteiger partial charge in [0.05, 0.1) is 6.42 Å². The molecular weight excluding hydrogens is 198 g/mol. The number of carbonyl (C=O) groups is 3. The molecule has 0 spiro atoms. The van der Waals surface area contributed by atoms with Gasteiger partial charge in [-0.1, -0.05) is 0 Å². The molecule has 0 fully saturated rings. The molecule has 0 bridgehead atoms. The molecule has 0 rings (SSSR count). The predicted octanol–water partition coefficient (Wildman–Crippen LogP) is -1.48. The third-order valence-corrected chi connectivity index (χ3v) is 1.08. The summed E-state index contributed by atoms with van der Waals surface area (Å²) in [6.07, 6.45) is -2.35. The quantitative estimate of drug-likeness (QED) is 0.371. The number of aliphatic carboxylic acids is 3. The van der Waals surface area contributed by atoms with E-state index in [4.69, 9.17) is 15.3 Å². The van der Waals surface area contributed by atoms with Gasteiger partial charge in [-0.3, -0.25) is 14.4 Å². The van der Waals surface area contributed by atoms with Crippen molar-refractivity contribution < 1.29 is 34.5 Å². The number of rotatable bonds is 7. The van der Waals surface area contributed by atoms with Gasteiger partial charge in [-0.25, -0.2) is 4.79 Å². The summed E-state index contributed by atoms with van der Waals surface area (Å²) >= 11 is 0. The van der Waals surface area contributed by atoms with Gasteiger partial charge in [0.15, 0.2) is 6.10 Å². The highest BCUT2D eigenvalue weighted by Crippen LogP contribution is 1.96. The van der Waals surface area contributed by atoms with Crippen LogP contribution in [0.25, 0.3) is 0 Å². The van der Waals surface area contributed by atoms with E-state index in [1.54, 1.807) is 0 Å². The molecule has 0 saturated heterocycles. The van der Waals surface area contributed by atoms with Crippen molar-refractivity contribution in [3.8, 4) is 0 Å². The Morgan fingerprint density at radius 1 is 1.14 bits per heavy atom. The molecular formula is C6H9NO7. The molecule has 0 aromatic heterocycles. The zero-order chi connectivity index (χ0) is 11.1. The maximum absolute atomic E-state index is 10.3. The van der Waals surface area contributed by atoms with Crippen molar-refractivity contribution in [2.24, 2.45) is 0 Å². The highest BCUT2D eigenvalue weighted by Gasteiger charge is 2.22. The molecule has 0 aromatic carbocycles. The lowest BCUT2D eigenvalue weighted by Crippen LogP contribution is -2.35. The molecule has 0 heterocycles. The van der Waals surface area contributed by atoms with E-state index in [1.165, 1.54) is 0 Å². The summed E-state index contributed by atoms with van der Waals surface area (Å²) in [7, 11) is 0. The largest absolute Gasteiger partial charge is 0.481 e. The summed E-state index contributed by atoms with van der Waals surface area (Å²) in [5, 5.41) is 24.8. The fourth-order valence-electron chi connectivity index (χ4n) is 0.542. The SMILES string of the molecule is O=C(O)CNOC(CC(=O)O)C(=O)O. The van der Waals surface area contributed by atoms with Crippen molar-refractivity contribution in [1.29, 1.82) is 0 Å². The number of hydrogen-bond donors (Lipinski definition) is 4. The molecule has 0 aliphatic heterocycles. The monoisotopic (exact) mass is 207 g/mol. The van der Waals surface area contributed by atoms with E-state index >= 15 is 0 Å². The van der Waals surface area contributed by atoms with Crippen molar-refractivity contribution in [2.45, 2.75) is 12.5 Å².